The molecule has 15 heavy (non-hydrogen) atoms. The van der Waals surface area contributed by atoms with E-state index in [4.69, 9.17) is 5.73 Å². The molecule has 1 atom stereocenters. The summed E-state index contributed by atoms with van der Waals surface area (Å²) in [6, 6.07) is 0.155. The van der Waals surface area contributed by atoms with Gasteiger partial charge in [-0.15, -0.1) is 11.3 Å². The van der Waals surface area contributed by atoms with Crippen LogP contribution < -0.4 is 5.73 Å². The van der Waals surface area contributed by atoms with E-state index in [1.807, 2.05) is 11.6 Å². The van der Waals surface area contributed by atoms with E-state index in [9.17, 15) is 0 Å². The lowest BCUT2D eigenvalue weighted by atomic mass is 9.85. The molecule has 0 aliphatic heterocycles. The Morgan fingerprint density at radius 3 is 2.87 bits per heavy atom. The van der Waals surface area contributed by atoms with Crippen molar-refractivity contribution in [2.45, 2.75) is 33.2 Å². The van der Waals surface area contributed by atoms with Gasteiger partial charge in [-0.2, -0.15) is 0 Å². The monoisotopic (exact) mass is 223 g/mol. The lowest BCUT2D eigenvalue weighted by Gasteiger charge is -2.26. The van der Waals surface area contributed by atoms with Crippen molar-refractivity contribution in [1.29, 1.82) is 0 Å². The first kappa shape index (κ1) is 10.6. The molecule has 3 nitrogen and oxygen atoms in total. The average molecular weight is 223 g/mol. The summed E-state index contributed by atoms with van der Waals surface area (Å²) in [5.74, 6) is 0. The van der Waals surface area contributed by atoms with Crippen LogP contribution in [0.4, 0.5) is 0 Å². The Hall–Kier alpha value is -0.870. The van der Waals surface area contributed by atoms with Gasteiger partial charge in [0.15, 0.2) is 4.96 Å². The predicted octanol–water partition coefficient (Wildman–Crippen LogP) is 2.31. The fourth-order valence-corrected chi connectivity index (χ4v) is 2.12. The van der Waals surface area contributed by atoms with E-state index >= 15 is 0 Å². The van der Waals surface area contributed by atoms with Crippen LogP contribution in [0.25, 0.3) is 4.96 Å². The molecule has 0 fully saturated rings. The van der Waals surface area contributed by atoms with Gasteiger partial charge in [-0.05, 0) is 5.41 Å². The lowest BCUT2D eigenvalue weighted by Crippen LogP contribution is -2.36. The van der Waals surface area contributed by atoms with Crippen LogP contribution in [0.15, 0.2) is 17.8 Å². The summed E-state index contributed by atoms with van der Waals surface area (Å²) in [5, 5.41) is 2.04. The zero-order chi connectivity index (χ0) is 11.1. The highest BCUT2D eigenvalue weighted by atomic mass is 32.1. The molecular formula is C11H17N3S. The number of fused-ring (bicyclic) bond motifs is 1. The van der Waals surface area contributed by atoms with Crippen LogP contribution in [-0.2, 0) is 6.42 Å². The van der Waals surface area contributed by atoms with Crippen molar-refractivity contribution in [3.63, 3.8) is 0 Å². The van der Waals surface area contributed by atoms with Gasteiger partial charge in [0.25, 0.3) is 0 Å². The van der Waals surface area contributed by atoms with Gasteiger partial charge in [-0.1, -0.05) is 20.8 Å². The molecule has 0 aliphatic rings. The minimum Gasteiger partial charge on any atom is -0.327 e. The van der Waals surface area contributed by atoms with E-state index in [1.54, 1.807) is 11.3 Å². The van der Waals surface area contributed by atoms with Crippen molar-refractivity contribution in [2.24, 2.45) is 11.1 Å². The molecule has 0 bridgehead atoms. The number of imidazole rings is 1. The lowest BCUT2D eigenvalue weighted by molar-refractivity contribution is 0.317. The number of rotatable bonds is 2. The molecule has 2 N–H and O–H groups in total. The standard InChI is InChI=1S/C11H17N3S/c1-11(2,3)9(12)6-8-7-14-4-5-15-10(14)13-8/h4-5,7,9H,6,12H2,1-3H3. The SMILES string of the molecule is CC(C)(C)C(N)Cc1cn2ccsc2n1. The summed E-state index contributed by atoms with van der Waals surface area (Å²) in [7, 11) is 0. The largest absolute Gasteiger partial charge is 0.327 e. The van der Waals surface area contributed by atoms with E-state index in [0.717, 1.165) is 17.1 Å². The molecule has 2 aromatic rings. The molecule has 0 spiro atoms. The van der Waals surface area contributed by atoms with Crippen LogP contribution in [0.2, 0.25) is 0 Å². The minimum absolute atomic E-state index is 0.136. The van der Waals surface area contributed by atoms with E-state index in [0.29, 0.717) is 0 Å². The molecule has 2 aromatic heterocycles. The van der Waals surface area contributed by atoms with Gasteiger partial charge in [0.1, 0.15) is 0 Å². The Bertz CT molecular complexity index is 421. The topological polar surface area (TPSA) is 43.3 Å². The van der Waals surface area contributed by atoms with Crippen LogP contribution in [0.1, 0.15) is 26.5 Å². The second-order valence-electron chi connectivity index (χ2n) is 5.00. The van der Waals surface area contributed by atoms with E-state index < -0.39 is 0 Å². The summed E-state index contributed by atoms with van der Waals surface area (Å²) < 4.78 is 2.05. The molecule has 0 saturated heterocycles. The van der Waals surface area contributed by atoms with Crippen molar-refractivity contribution in [2.75, 3.05) is 0 Å². The summed E-state index contributed by atoms with van der Waals surface area (Å²) >= 11 is 1.65. The fraction of sp³-hybridized carbons (Fsp3) is 0.545. The van der Waals surface area contributed by atoms with Crippen LogP contribution in [0, 0.1) is 5.41 Å². The Morgan fingerprint density at radius 1 is 1.53 bits per heavy atom. The van der Waals surface area contributed by atoms with Crippen molar-refractivity contribution in [3.8, 4) is 0 Å². The normalized spacial score (nSPS) is 14.7. The van der Waals surface area contributed by atoms with Gasteiger partial charge in [0, 0.05) is 30.2 Å². The van der Waals surface area contributed by atoms with Gasteiger partial charge in [0.05, 0.1) is 5.69 Å². The Kier molecular flexibility index (Phi) is 2.56. The molecule has 1 unspecified atom stereocenters. The zero-order valence-electron chi connectivity index (χ0n) is 9.40. The number of aromatic nitrogens is 2. The van der Waals surface area contributed by atoms with E-state index in [2.05, 4.69) is 36.4 Å². The highest BCUT2D eigenvalue weighted by molar-refractivity contribution is 7.15. The highest BCUT2D eigenvalue weighted by Crippen LogP contribution is 2.21. The minimum atomic E-state index is 0.136. The second-order valence-corrected chi connectivity index (χ2v) is 5.87. The molecule has 0 amide bonds. The Balaban J connectivity index is 2.16. The molecular weight excluding hydrogens is 206 g/mol. The van der Waals surface area contributed by atoms with Gasteiger partial charge in [0.2, 0.25) is 0 Å². The number of thiazole rings is 1. The molecule has 0 saturated carbocycles. The summed E-state index contributed by atoms with van der Waals surface area (Å²) in [4.78, 5) is 5.58. The Labute approximate surface area is 93.9 Å². The summed E-state index contributed by atoms with van der Waals surface area (Å²) in [6.07, 6.45) is 4.94. The van der Waals surface area contributed by atoms with Crippen molar-refractivity contribution in [3.05, 3.63) is 23.5 Å². The summed E-state index contributed by atoms with van der Waals surface area (Å²) in [5.41, 5.74) is 7.35. The molecule has 0 aliphatic carbocycles. The molecule has 2 heterocycles. The van der Waals surface area contributed by atoms with Crippen LogP contribution in [0.5, 0.6) is 0 Å². The maximum atomic E-state index is 6.13. The van der Waals surface area contributed by atoms with Crippen LogP contribution >= 0.6 is 11.3 Å². The van der Waals surface area contributed by atoms with Gasteiger partial charge in [-0.25, -0.2) is 4.98 Å². The summed E-state index contributed by atoms with van der Waals surface area (Å²) in [6.45, 7) is 6.49. The third-order valence-electron chi connectivity index (χ3n) is 2.68. The van der Waals surface area contributed by atoms with Gasteiger partial charge >= 0.3 is 0 Å². The smallest absolute Gasteiger partial charge is 0.193 e. The highest BCUT2D eigenvalue weighted by Gasteiger charge is 2.21. The first-order chi connectivity index (χ1) is 6.97. The number of hydrogen-bond donors (Lipinski definition) is 1. The molecule has 0 radical (unpaired) electrons. The van der Waals surface area contributed by atoms with Crippen LogP contribution in [-0.4, -0.2) is 15.4 Å². The number of hydrogen-bond acceptors (Lipinski definition) is 3. The van der Waals surface area contributed by atoms with Crippen molar-refractivity contribution >= 4 is 16.3 Å². The molecule has 82 valence electrons. The maximum absolute atomic E-state index is 6.13. The van der Waals surface area contributed by atoms with Crippen LogP contribution in [0.3, 0.4) is 0 Å². The molecule has 4 heteroatoms. The van der Waals surface area contributed by atoms with Gasteiger partial charge < -0.3 is 5.73 Å². The second kappa shape index (κ2) is 3.61. The van der Waals surface area contributed by atoms with Gasteiger partial charge in [-0.3, -0.25) is 4.40 Å². The Morgan fingerprint density at radius 2 is 2.27 bits per heavy atom. The van der Waals surface area contributed by atoms with E-state index in [-0.39, 0.29) is 11.5 Å². The third-order valence-corrected chi connectivity index (χ3v) is 3.46. The quantitative estimate of drug-likeness (QED) is 0.849. The number of nitrogens with zero attached hydrogens (tertiary/aromatic N) is 2. The fourth-order valence-electron chi connectivity index (χ4n) is 1.41. The van der Waals surface area contributed by atoms with Crippen molar-refractivity contribution in [1.82, 2.24) is 9.38 Å². The molecule has 2 rings (SSSR count). The third kappa shape index (κ3) is 2.21. The molecule has 0 aromatic carbocycles. The average Bonchev–Trinajstić information content (AvgIpc) is 2.61. The zero-order valence-corrected chi connectivity index (χ0v) is 10.2. The van der Waals surface area contributed by atoms with E-state index in [1.165, 1.54) is 0 Å². The maximum Gasteiger partial charge on any atom is 0.193 e. The first-order valence-corrected chi connectivity index (χ1v) is 6.01. The first-order valence-electron chi connectivity index (χ1n) is 5.13. The van der Waals surface area contributed by atoms with Crippen molar-refractivity contribution < 1.29 is 0 Å². The predicted molar refractivity (Wildman–Crippen MR) is 64.2 cm³/mol. The number of nitrogens with two attached hydrogens (primary N) is 1.